The molecule has 1 aliphatic carbocycles. The van der Waals surface area contributed by atoms with Crippen molar-refractivity contribution in [1.29, 1.82) is 0 Å². The summed E-state index contributed by atoms with van der Waals surface area (Å²) in [7, 11) is 1.39. The van der Waals surface area contributed by atoms with Gasteiger partial charge in [-0.15, -0.1) is 0 Å². The Bertz CT molecular complexity index is 268. The second-order valence-electron chi connectivity index (χ2n) is 3.96. The predicted molar refractivity (Wildman–Crippen MR) is 57.3 cm³/mol. The Morgan fingerprint density at radius 2 is 2.33 bits per heavy atom. The first-order valence-electron chi connectivity index (χ1n) is 5.39. The first-order chi connectivity index (χ1) is 7.19. The second kappa shape index (κ2) is 5.69. The van der Waals surface area contributed by atoms with Crippen LogP contribution in [-0.4, -0.2) is 18.9 Å². The molecule has 2 unspecified atom stereocenters. The molecule has 84 valence electrons. The Hall–Kier alpha value is -1.12. The molecule has 0 aliphatic heterocycles. The van der Waals surface area contributed by atoms with E-state index in [0.29, 0.717) is 18.6 Å². The van der Waals surface area contributed by atoms with Gasteiger partial charge in [-0.2, -0.15) is 0 Å². The van der Waals surface area contributed by atoms with Crippen LogP contribution in [0.2, 0.25) is 0 Å². The molecule has 0 radical (unpaired) electrons. The van der Waals surface area contributed by atoms with Gasteiger partial charge in [0.1, 0.15) is 5.78 Å². The number of allylic oxidation sites excluding steroid dienone is 2. The predicted octanol–water partition coefficient (Wildman–Crippen LogP) is 2.11. The molecule has 0 spiro atoms. The molecule has 15 heavy (non-hydrogen) atoms. The van der Waals surface area contributed by atoms with Gasteiger partial charge in [0.2, 0.25) is 0 Å². The summed E-state index contributed by atoms with van der Waals surface area (Å²) in [5.41, 5.74) is 0. The van der Waals surface area contributed by atoms with E-state index < -0.39 is 0 Å². The van der Waals surface area contributed by atoms with E-state index in [1.54, 1.807) is 0 Å². The van der Waals surface area contributed by atoms with Gasteiger partial charge in [0.05, 0.1) is 7.11 Å². The van der Waals surface area contributed by atoms with Crippen molar-refractivity contribution in [1.82, 2.24) is 0 Å². The van der Waals surface area contributed by atoms with Gasteiger partial charge in [0.25, 0.3) is 0 Å². The summed E-state index contributed by atoms with van der Waals surface area (Å²) in [5.74, 6) is 0.295. The maximum absolute atomic E-state index is 11.6. The molecule has 0 saturated heterocycles. The monoisotopic (exact) mass is 210 g/mol. The Morgan fingerprint density at radius 3 is 2.93 bits per heavy atom. The van der Waals surface area contributed by atoms with Crippen molar-refractivity contribution in [2.45, 2.75) is 32.6 Å². The molecule has 0 N–H and O–H groups in total. The summed E-state index contributed by atoms with van der Waals surface area (Å²) in [5, 5.41) is 0. The molecule has 0 heterocycles. The van der Waals surface area contributed by atoms with Crippen molar-refractivity contribution >= 4 is 11.8 Å². The highest BCUT2D eigenvalue weighted by Crippen LogP contribution is 2.34. The quantitative estimate of drug-likeness (QED) is 0.527. The lowest BCUT2D eigenvalue weighted by Gasteiger charge is -2.15. The standard InChI is InChI=1S/C12H18O3/c1-3-4-5-10-9(6-7-11(10)13)8-12(14)15-2/h3-4,9-10H,5-8H2,1-2H3/b4-3-. The SMILES string of the molecule is C/C=C\CC1C(=O)CCC1CC(=O)OC. The first kappa shape index (κ1) is 12.0. The number of methoxy groups -OCH3 is 1. The van der Waals surface area contributed by atoms with Crippen LogP contribution in [0, 0.1) is 11.8 Å². The summed E-state index contributed by atoms with van der Waals surface area (Å²) < 4.78 is 4.63. The van der Waals surface area contributed by atoms with Crippen LogP contribution < -0.4 is 0 Å². The number of rotatable bonds is 4. The van der Waals surface area contributed by atoms with Crippen LogP contribution in [0.25, 0.3) is 0 Å². The van der Waals surface area contributed by atoms with Gasteiger partial charge in [-0.05, 0) is 25.7 Å². The lowest BCUT2D eigenvalue weighted by molar-refractivity contribution is -0.142. The molecule has 0 aromatic heterocycles. The molecule has 3 heteroatoms. The van der Waals surface area contributed by atoms with Crippen LogP contribution in [0.3, 0.4) is 0 Å². The van der Waals surface area contributed by atoms with Crippen LogP contribution >= 0.6 is 0 Å². The highest BCUT2D eigenvalue weighted by Gasteiger charge is 2.34. The largest absolute Gasteiger partial charge is 0.469 e. The van der Waals surface area contributed by atoms with E-state index in [-0.39, 0.29) is 17.8 Å². The fourth-order valence-electron chi connectivity index (χ4n) is 2.13. The maximum atomic E-state index is 11.6. The molecule has 1 fully saturated rings. The highest BCUT2D eigenvalue weighted by molar-refractivity contribution is 5.84. The molecule has 0 aromatic carbocycles. The van der Waals surface area contributed by atoms with Crippen LogP contribution in [0.1, 0.15) is 32.6 Å². The van der Waals surface area contributed by atoms with E-state index in [2.05, 4.69) is 4.74 Å². The number of ether oxygens (including phenoxy) is 1. The van der Waals surface area contributed by atoms with Gasteiger partial charge in [0, 0.05) is 18.8 Å². The third-order valence-electron chi connectivity index (χ3n) is 3.03. The fourth-order valence-corrected chi connectivity index (χ4v) is 2.13. The van der Waals surface area contributed by atoms with Crippen molar-refractivity contribution in [3.05, 3.63) is 12.2 Å². The highest BCUT2D eigenvalue weighted by atomic mass is 16.5. The molecule has 1 rings (SSSR count). The van der Waals surface area contributed by atoms with Crippen LogP contribution in [-0.2, 0) is 14.3 Å². The first-order valence-corrected chi connectivity index (χ1v) is 5.39. The minimum atomic E-state index is -0.208. The molecule has 0 aromatic rings. The van der Waals surface area contributed by atoms with Crippen LogP contribution in [0.4, 0.5) is 0 Å². The minimum Gasteiger partial charge on any atom is -0.469 e. The van der Waals surface area contributed by atoms with Gasteiger partial charge in [0.15, 0.2) is 0 Å². The van der Waals surface area contributed by atoms with Crippen molar-refractivity contribution in [2.24, 2.45) is 11.8 Å². The van der Waals surface area contributed by atoms with E-state index in [1.165, 1.54) is 7.11 Å². The van der Waals surface area contributed by atoms with Gasteiger partial charge in [-0.1, -0.05) is 12.2 Å². The van der Waals surface area contributed by atoms with E-state index in [4.69, 9.17) is 0 Å². The Morgan fingerprint density at radius 1 is 1.60 bits per heavy atom. The lowest BCUT2D eigenvalue weighted by atomic mass is 9.89. The van der Waals surface area contributed by atoms with E-state index in [1.807, 2.05) is 19.1 Å². The Balaban J connectivity index is 2.55. The number of hydrogen-bond acceptors (Lipinski definition) is 3. The number of hydrogen-bond donors (Lipinski definition) is 0. The van der Waals surface area contributed by atoms with Crippen LogP contribution in [0.5, 0.6) is 0 Å². The molecule has 1 saturated carbocycles. The van der Waals surface area contributed by atoms with E-state index >= 15 is 0 Å². The minimum absolute atomic E-state index is 0.0281. The van der Waals surface area contributed by atoms with Gasteiger partial charge >= 0.3 is 5.97 Å². The number of carbonyl (C=O) groups excluding carboxylic acids is 2. The number of Topliss-reactive ketones (excluding diaryl/α,β-unsaturated/α-hetero) is 1. The topological polar surface area (TPSA) is 43.4 Å². The summed E-state index contributed by atoms with van der Waals surface area (Å²) in [6.45, 7) is 1.94. The van der Waals surface area contributed by atoms with E-state index in [0.717, 1.165) is 12.8 Å². The van der Waals surface area contributed by atoms with Crippen molar-refractivity contribution in [3.8, 4) is 0 Å². The summed E-state index contributed by atoms with van der Waals surface area (Å²) in [6.07, 6.45) is 6.53. The van der Waals surface area contributed by atoms with Gasteiger partial charge in [-0.3, -0.25) is 9.59 Å². The average molecular weight is 210 g/mol. The molecule has 0 bridgehead atoms. The fraction of sp³-hybridized carbons (Fsp3) is 0.667. The van der Waals surface area contributed by atoms with Crippen LogP contribution in [0.15, 0.2) is 12.2 Å². The molecule has 0 amide bonds. The third-order valence-corrected chi connectivity index (χ3v) is 3.03. The zero-order valence-electron chi connectivity index (χ0n) is 9.36. The number of carbonyl (C=O) groups is 2. The Kier molecular flexibility index (Phi) is 4.53. The molecule has 2 atom stereocenters. The molecular weight excluding hydrogens is 192 g/mol. The van der Waals surface area contributed by atoms with Crippen molar-refractivity contribution in [3.63, 3.8) is 0 Å². The van der Waals surface area contributed by atoms with Gasteiger partial charge in [-0.25, -0.2) is 0 Å². The van der Waals surface area contributed by atoms with Crippen molar-refractivity contribution < 1.29 is 14.3 Å². The average Bonchev–Trinajstić information content (AvgIpc) is 2.57. The smallest absolute Gasteiger partial charge is 0.305 e. The zero-order chi connectivity index (χ0) is 11.3. The molecular formula is C12H18O3. The normalized spacial score (nSPS) is 26.1. The zero-order valence-corrected chi connectivity index (χ0v) is 9.36. The lowest BCUT2D eigenvalue weighted by Crippen LogP contribution is -2.17. The third kappa shape index (κ3) is 3.18. The molecule has 3 nitrogen and oxygen atoms in total. The molecule has 1 aliphatic rings. The Labute approximate surface area is 90.5 Å². The number of esters is 1. The van der Waals surface area contributed by atoms with Gasteiger partial charge < -0.3 is 4.74 Å². The maximum Gasteiger partial charge on any atom is 0.305 e. The number of ketones is 1. The second-order valence-corrected chi connectivity index (χ2v) is 3.96. The van der Waals surface area contributed by atoms with Crippen molar-refractivity contribution in [2.75, 3.05) is 7.11 Å². The van der Waals surface area contributed by atoms with E-state index in [9.17, 15) is 9.59 Å². The summed E-state index contributed by atoms with van der Waals surface area (Å²) in [6, 6.07) is 0. The summed E-state index contributed by atoms with van der Waals surface area (Å²) in [4.78, 5) is 22.7. The summed E-state index contributed by atoms with van der Waals surface area (Å²) >= 11 is 0.